The van der Waals surface area contributed by atoms with E-state index < -0.39 is 0 Å². The van der Waals surface area contributed by atoms with E-state index in [2.05, 4.69) is 29.6 Å². The fraction of sp³-hybridized carbons (Fsp3) is 0.636. The van der Waals surface area contributed by atoms with Crippen molar-refractivity contribution in [3.05, 3.63) is 29.8 Å². The molecule has 3 rings (SSSR count). The Hall–Kier alpha value is -1.92. The number of carbonyl (C=O) groups is 2. The molecular formula is C22H33N3O3. The van der Waals surface area contributed by atoms with Crippen molar-refractivity contribution in [3.63, 3.8) is 0 Å². The van der Waals surface area contributed by atoms with Crippen LogP contribution in [0.4, 0.5) is 5.69 Å². The average Bonchev–Trinajstić information content (AvgIpc) is 3.12. The first-order chi connectivity index (χ1) is 13.5. The number of nitrogens with one attached hydrogen (secondary N) is 2. The number of carbonyl (C=O) groups excluding carboxylic acids is 2. The van der Waals surface area contributed by atoms with Crippen LogP contribution in [0.1, 0.15) is 61.7 Å². The van der Waals surface area contributed by atoms with Gasteiger partial charge >= 0.3 is 0 Å². The van der Waals surface area contributed by atoms with Crippen LogP contribution in [0.15, 0.2) is 24.3 Å². The molecule has 6 heteroatoms. The number of nitrogens with zero attached hydrogens (tertiary/aromatic N) is 1. The SMILES string of the molecule is CN(C)C1(CNC(=O)c2cccc(NC(=O)C3CCCO3)c2)CCCCCC1. The Morgan fingerprint density at radius 1 is 1.14 bits per heavy atom. The van der Waals surface area contributed by atoms with Gasteiger partial charge in [-0.05, 0) is 58.0 Å². The van der Waals surface area contributed by atoms with Gasteiger partial charge in [0.15, 0.2) is 0 Å². The van der Waals surface area contributed by atoms with Crippen molar-refractivity contribution in [2.45, 2.75) is 63.0 Å². The van der Waals surface area contributed by atoms with E-state index in [9.17, 15) is 9.59 Å². The summed E-state index contributed by atoms with van der Waals surface area (Å²) in [6.07, 6.45) is 8.46. The summed E-state index contributed by atoms with van der Waals surface area (Å²) >= 11 is 0. The molecule has 2 N–H and O–H groups in total. The van der Waals surface area contributed by atoms with Crippen molar-refractivity contribution in [3.8, 4) is 0 Å². The fourth-order valence-electron chi connectivity index (χ4n) is 4.26. The summed E-state index contributed by atoms with van der Waals surface area (Å²) in [6.45, 7) is 1.28. The van der Waals surface area contributed by atoms with E-state index >= 15 is 0 Å². The molecule has 0 radical (unpaired) electrons. The maximum Gasteiger partial charge on any atom is 0.253 e. The van der Waals surface area contributed by atoms with Gasteiger partial charge in [0.2, 0.25) is 0 Å². The molecule has 1 aliphatic heterocycles. The van der Waals surface area contributed by atoms with Crippen LogP contribution in [0.25, 0.3) is 0 Å². The molecule has 1 aromatic carbocycles. The van der Waals surface area contributed by atoms with Crippen molar-refractivity contribution in [2.75, 3.05) is 32.6 Å². The molecule has 1 saturated heterocycles. The molecule has 0 aromatic heterocycles. The third-order valence-corrected chi connectivity index (χ3v) is 6.18. The monoisotopic (exact) mass is 387 g/mol. The number of anilines is 1. The lowest BCUT2D eigenvalue weighted by Gasteiger charge is -2.39. The Bertz CT molecular complexity index is 675. The smallest absolute Gasteiger partial charge is 0.253 e. The largest absolute Gasteiger partial charge is 0.368 e. The van der Waals surface area contributed by atoms with Gasteiger partial charge in [-0.25, -0.2) is 0 Å². The van der Waals surface area contributed by atoms with Gasteiger partial charge < -0.3 is 20.3 Å². The fourth-order valence-corrected chi connectivity index (χ4v) is 4.26. The number of amides is 2. The Kier molecular flexibility index (Phi) is 7.08. The normalized spacial score (nSPS) is 21.9. The summed E-state index contributed by atoms with van der Waals surface area (Å²) in [4.78, 5) is 27.3. The van der Waals surface area contributed by atoms with Gasteiger partial charge in [-0.15, -0.1) is 0 Å². The van der Waals surface area contributed by atoms with E-state index in [4.69, 9.17) is 4.74 Å². The van der Waals surface area contributed by atoms with E-state index in [1.807, 2.05) is 0 Å². The van der Waals surface area contributed by atoms with Crippen molar-refractivity contribution >= 4 is 17.5 Å². The highest BCUT2D eigenvalue weighted by Gasteiger charge is 2.33. The molecule has 154 valence electrons. The molecule has 1 aromatic rings. The van der Waals surface area contributed by atoms with Gasteiger partial charge in [0.1, 0.15) is 6.10 Å². The Morgan fingerprint density at radius 2 is 1.89 bits per heavy atom. The van der Waals surface area contributed by atoms with Crippen molar-refractivity contribution in [1.29, 1.82) is 0 Å². The molecule has 0 spiro atoms. The lowest BCUT2D eigenvalue weighted by Crippen LogP contribution is -2.52. The highest BCUT2D eigenvalue weighted by molar-refractivity contribution is 5.98. The molecule has 2 fully saturated rings. The zero-order chi connectivity index (χ0) is 20.0. The summed E-state index contributed by atoms with van der Waals surface area (Å²) in [5.41, 5.74) is 1.22. The number of hydrogen-bond donors (Lipinski definition) is 2. The highest BCUT2D eigenvalue weighted by atomic mass is 16.5. The first-order valence-corrected chi connectivity index (χ1v) is 10.5. The third-order valence-electron chi connectivity index (χ3n) is 6.18. The Morgan fingerprint density at radius 3 is 2.54 bits per heavy atom. The van der Waals surface area contributed by atoms with Gasteiger partial charge in [0.05, 0.1) is 0 Å². The molecular weight excluding hydrogens is 354 g/mol. The minimum atomic E-state index is -0.382. The number of benzene rings is 1. The molecule has 1 saturated carbocycles. The number of likely N-dealkylation sites (N-methyl/N-ethyl adjacent to an activating group) is 1. The first kappa shape index (κ1) is 20.8. The van der Waals surface area contributed by atoms with Crippen molar-refractivity contribution in [2.24, 2.45) is 0 Å². The maximum atomic E-state index is 12.8. The predicted molar refractivity (Wildman–Crippen MR) is 110 cm³/mol. The Balaban J connectivity index is 1.61. The molecule has 1 atom stereocenters. The lowest BCUT2D eigenvalue weighted by molar-refractivity contribution is -0.124. The predicted octanol–water partition coefficient (Wildman–Crippen LogP) is 3.19. The highest BCUT2D eigenvalue weighted by Crippen LogP contribution is 2.30. The van der Waals surface area contributed by atoms with E-state index in [0.29, 0.717) is 24.4 Å². The van der Waals surface area contributed by atoms with Gasteiger partial charge in [-0.3, -0.25) is 9.59 Å². The van der Waals surface area contributed by atoms with Crippen LogP contribution < -0.4 is 10.6 Å². The molecule has 28 heavy (non-hydrogen) atoms. The van der Waals surface area contributed by atoms with E-state index in [-0.39, 0.29) is 23.5 Å². The first-order valence-electron chi connectivity index (χ1n) is 10.5. The quantitative estimate of drug-likeness (QED) is 0.736. The van der Waals surface area contributed by atoms with E-state index in [1.165, 1.54) is 25.7 Å². The van der Waals surface area contributed by atoms with E-state index in [1.54, 1.807) is 24.3 Å². The molecule has 6 nitrogen and oxygen atoms in total. The van der Waals surface area contributed by atoms with Crippen LogP contribution in [-0.4, -0.2) is 55.6 Å². The molecule has 0 bridgehead atoms. The van der Waals surface area contributed by atoms with Gasteiger partial charge in [-0.2, -0.15) is 0 Å². The van der Waals surface area contributed by atoms with Crippen LogP contribution in [0.3, 0.4) is 0 Å². The van der Waals surface area contributed by atoms with Crippen LogP contribution in [0, 0.1) is 0 Å². The van der Waals surface area contributed by atoms with Crippen molar-refractivity contribution < 1.29 is 14.3 Å². The lowest BCUT2D eigenvalue weighted by atomic mass is 9.88. The molecule has 1 heterocycles. The number of rotatable bonds is 6. The van der Waals surface area contributed by atoms with Crippen LogP contribution in [0.5, 0.6) is 0 Å². The van der Waals surface area contributed by atoms with Crippen LogP contribution >= 0.6 is 0 Å². The minimum absolute atomic E-state index is 0.0256. The third kappa shape index (κ3) is 5.11. The number of ether oxygens (including phenoxy) is 1. The van der Waals surface area contributed by atoms with Gasteiger partial charge in [0.25, 0.3) is 11.8 Å². The maximum absolute atomic E-state index is 12.8. The second kappa shape index (κ2) is 9.52. The standard InChI is InChI=1S/C22H33N3O3/c1-25(2)22(12-5-3-4-6-13-22)16-23-20(26)17-9-7-10-18(15-17)24-21(27)19-11-8-14-28-19/h7,9-10,15,19H,3-6,8,11-14,16H2,1-2H3,(H,23,26)(H,24,27). The van der Waals surface area contributed by atoms with Crippen LogP contribution in [-0.2, 0) is 9.53 Å². The summed E-state index contributed by atoms with van der Waals surface area (Å²) in [5.74, 6) is -0.237. The minimum Gasteiger partial charge on any atom is -0.368 e. The second-order valence-electron chi connectivity index (χ2n) is 8.29. The van der Waals surface area contributed by atoms with Gasteiger partial charge in [0, 0.05) is 29.9 Å². The van der Waals surface area contributed by atoms with Crippen LogP contribution in [0.2, 0.25) is 0 Å². The van der Waals surface area contributed by atoms with Gasteiger partial charge in [-0.1, -0.05) is 31.7 Å². The summed E-state index contributed by atoms with van der Waals surface area (Å²) < 4.78 is 5.42. The zero-order valence-electron chi connectivity index (χ0n) is 17.1. The Labute approximate surface area is 168 Å². The molecule has 1 aliphatic carbocycles. The summed E-state index contributed by atoms with van der Waals surface area (Å²) in [5, 5.41) is 6.00. The topological polar surface area (TPSA) is 70.7 Å². The van der Waals surface area contributed by atoms with E-state index in [0.717, 1.165) is 25.7 Å². The molecule has 2 amide bonds. The summed E-state index contributed by atoms with van der Waals surface area (Å²) in [6, 6.07) is 7.12. The second-order valence-corrected chi connectivity index (χ2v) is 8.29. The molecule has 1 unspecified atom stereocenters. The molecule has 2 aliphatic rings. The average molecular weight is 388 g/mol. The number of hydrogen-bond acceptors (Lipinski definition) is 4. The summed E-state index contributed by atoms with van der Waals surface area (Å²) in [7, 11) is 4.22. The zero-order valence-corrected chi connectivity index (χ0v) is 17.1. The van der Waals surface area contributed by atoms with Crippen molar-refractivity contribution in [1.82, 2.24) is 10.2 Å².